The summed E-state index contributed by atoms with van der Waals surface area (Å²) in [5, 5.41) is 2.62. The van der Waals surface area contributed by atoms with Crippen LogP contribution in [0.5, 0.6) is 0 Å². The highest BCUT2D eigenvalue weighted by atomic mass is 35.5. The first kappa shape index (κ1) is 15.3. The molecule has 0 atom stereocenters. The first-order valence-corrected chi connectivity index (χ1v) is 7.72. The van der Waals surface area contributed by atoms with Crippen LogP contribution in [0.15, 0.2) is 49.1 Å². The SMILES string of the molecule is CCCN(c1cc(-c2ccccc2Cl)nc(N)n1)n1ccnc1. The van der Waals surface area contributed by atoms with Gasteiger partial charge in [-0.25, -0.2) is 14.6 Å². The van der Waals surface area contributed by atoms with Crippen LogP contribution in [-0.4, -0.2) is 26.2 Å². The second-order valence-electron chi connectivity index (χ2n) is 5.02. The minimum Gasteiger partial charge on any atom is -0.368 e. The van der Waals surface area contributed by atoms with Gasteiger partial charge in [-0.2, -0.15) is 4.98 Å². The fourth-order valence-corrected chi connectivity index (χ4v) is 2.58. The van der Waals surface area contributed by atoms with Crippen molar-refractivity contribution in [2.45, 2.75) is 13.3 Å². The average Bonchev–Trinajstić information content (AvgIpc) is 3.06. The van der Waals surface area contributed by atoms with Crippen molar-refractivity contribution < 1.29 is 0 Å². The molecule has 3 aromatic rings. The van der Waals surface area contributed by atoms with Gasteiger partial charge < -0.3 is 5.73 Å². The van der Waals surface area contributed by atoms with Crippen molar-refractivity contribution in [2.24, 2.45) is 0 Å². The minimum atomic E-state index is 0.207. The predicted molar refractivity (Wildman–Crippen MR) is 92.2 cm³/mol. The molecule has 0 radical (unpaired) electrons. The molecule has 0 saturated carbocycles. The zero-order chi connectivity index (χ0) is 16.2. The monoisotopic (exact) mass is 328 g/mol. The largest absolute Gasteiger partial charge is 0.368 e. The summed E-state index contributed by atoms with van der Waals surface area (Å²) in [6.07, 6.45) is 6.26. The second-order valence-corrected chi connectivity index (χ2v) is 5.42. The maximum Gasteiger partial charge on any atom is 0.222 e. The normalized spacial score (nSPS) is 10.7. The lowest BCUT2D eigenvalue weighted by Crippen LogP contribution is -2.30. The van der Waals surface area contributed by atoms with Crippen LogP contribution in [0.4, 0.5) is 11.8 Å². The number of nitrogens with zero attached hydrogens (tertiary/aromatic N) is 5. The van der Waals surface area contributed by atoms with E-state index in [2.05, 4.69) is 21.9 Å². The van der Waals surface area contributed by atoms with Crippen LogP contribution in [0.3, 0.4) is 0 Å². The molecule has 2 N–H and O–H groups in total. The van der Waals surface area contributed by atoms with E-state index < -0.39 is 0 Å². The number of hydrogen-bond acceptors (Lipinski definition) is 5. The van der Waals surface area contributed by atoms with E-state index in [1.165, 1.54) is 0 Å². The average molecular weight is 329 g/mol. The molecule has 7 heteroatoms. The Morgan fingerprint density at radius 1 is 1.26 bits per heavy atom. The molecule has 23 heavy (non-hydrogen) atoms. The molecule has 3 rings (SSSR count). The van der Waals surface area contributed by atoms with Gasteiger partial charge >= 0.3 is 0 Å². The van der Waals surface area contributed by atoms with Crippen LogP contribution in [0.25, 0.3) is 11.3 Å². The van der Waals surface area contributed by atoms with Crippen LogP contribution in [0, 0.1) is 0 Å². The standard InChI is InChI=1S/C16H17ClN6/c1-2-8-23(22-9-7-19-11-22)15-10-14(20-16(18)21-15)12-5-3-4-6-13(12)17/h3-7,9-11H,2,8H2,1H3,(H2,18,20,21). The highest BCUT2D eigenvalue weighted by molar-refractivity contribution is 6.33. The number of hydrogen-bond donors (Lipinski definition) is 1. The summed E-state index contributed by atoms with van der Waals surface area (Å²) >= 11 is 6.27. The Labute approximate surface area is 139 Å². The smallest absolute Gasteiger partial charge is 0.222 e. The Hall–Kier alpha value is -2.60. The molecule has 1 aromatic carbocycles. The predicted octanol–water partition coefficient (Wildman–Crippen LogP) is 3.26. The number of rotatable bonds is 5. The first-order chi connectivity index (χ1) is 11.2. The molecule has 0 unspecified atom stereocenters. The number of anilines is 2. The summed E-state index contributed by atoms with van der Waals surface area (Å²) in [7, 11) is 0. The third-order valence-corrected chi connectivity index (χ3v) is 3.68. The van der Waals surface area contributed by atoms with Gasteiger partial charge in [0.15, 0.2) is 5.82 Å². The zero-order valence-corrected chi connectivity index (χ0v) is 13.5. The molecule has 2 aromatic heterocycles. The van der Waals surface area contributed by atoms with E-state index in [1.54, 1.807) is 12.5 Å². The van der Waals surface area contributed by atoms with Crippen LogP contribution in [0.1, 0.15) is 13.3 Å². The van der Waals surface area contributed by atoms with Crippen molar-refractivity contribution in [3.8, 4) is 11.3 Å². The summed E-state index contributed by atoms with van der Waals surface area (Å²) in [5.74, 6) is 0.908. The Bertz CT molecular complexity index is 787. The van der Waals surface area contributed by atoms with E-state index in [1.807, 2.05) is 46.2 Å². The Kier molecular flexibility index (Phi) is 4.43. The topological polar surface area (TPSA) is 72.9 Å². The highest BCUT2D eigenvalue weighted by Gasteiger charge is 2.14. The van der Waals surface area contributed by atoms with Gasteiger partial charge in [0.05, 0.1) is 5.69 Å². The van der Waals surface area contributed by atoms with Crippen LogP contribution in [0.2, 0.25) is 5.02 Å². The van der Waals surface area contributed by atoms with Gasteiger partial charge in [0.2, 0.25) is 5.95 Å². The van der Waals surface area contributed by atoms with Crippen molar-refractivity contribution in [3.05, 3.63) is 54.1 Å². The summed E-state index contributed by atoms with van der Waals surface area (Å²) < 4.78 is 1.88. The molecule has 0 fully saturated rings. The highest BCUT2D eigenvalue weighted by Crippen LogP contribution is 2.28. The molecule has 2 heterocycles. The second kappa shape index (κ2) is 6.66. The Morgan fingerprint density at radius 3 is 2.78 bits per heavy atom. The van der Waals surface area contributed by atoms with Gasteiger partial charge in [-0.1, -0.05) is 36.7 Å². The van der Waals surface area contributed by atoms with Crippen molar-refractivity contribution >= 4 is 23.4 Å². The van der Waals surface area contributed by atoms with E-state index >= 15 is 0 Å². The lowest BCUT2D eigenvalue weighted by atomic mass is 10.1. The molecule has 0 amide bonds. The lowest BCUT2D eigenvalue weighted by Gasteiger charge is -2.24. The van der Waals surface area contributed by atoms with Crippen molar-refractivity contribution in [1.82, 2.24) is 19.6 Å². The van der Waals surface area contributed by atoms with Crippen LogP contribution >= 0.6 is 11.6 Å². The van der Waals surface area contributed by atoms with E-state index in [4.69, 9.17) is 17.3 Å². The van der Waals surface area contributed by atoms with Crippen molar-refractivity contribution in [2.75, 3.05) is 17.3 Å². The molecule has 0 aliphatic rings. The van der Waals surface area contributed by atoms with Gasteiger partial charge in [-0.05, 0) is 12.5 Å². The van der Waals surface area contributed by atoms with Crippen molar-refractivity contribution in [1.29, 1.82) is 0 Å². The molecule has 0 bridgehead atoms. The summed E-state index contributed by atoms with van der Waals surface area (Å²) in [5.41, 5.74) is 7.44. The van der Waals surface area contributed by atoms with E-state index in [0.29, 0.717) is 16.5 Å². The van der Waals surface area contributed by atoms with Gasteiger partial charge in [0.25, 0.3) is 0 Å². The number of benzene rings is 1. The zero-order valence-electron chi connectivity index (χ0n) is 12.7. The van der Waals surface area contributed by atoms with E-state index in [-0.39, 0.29) is 5.95 Å². The van der Waals surface area contributed by atoms with E-state index in [9.17, 15) is 0 Å². The molecule has 118 valence electrons. The Morgan fingerprint density at radius 2 is 2.09 bits per heavy atom. The number of nitrogen functional groups attached to an aromatic ring is 1. The van der Waals surface area contributed by atoms with E-state index in [0.717, 1.165) is 18.5 Å². The fourth-order valence-electron chi connectivity index (χ4n) is 2.35. The summed E-state index contributed by atoms with van der Waals surface area (Å²) in [4.78, 5) is 12.8. The number of halogens is 1. The summed E-state index contributed by atoms with van der Waals surface area (Å²) in [6, 6.07) is 9.42. The van der Waals surface area contributed by atoms with Gasteiger partial charge in [-0.3, -0.25) is 5.01 Å². The van der Waals surface area contributed by atoms with Gasteiger partial charge in [-0.15, -0.1) is 0 Å². The maximum absolute atomic E-state index is 6.27. The number of imidazole rings is 1. The third kappa shape index (κ3) is 3.27. The van der Waals surface area contributed by atoms with Crippen LogP contribution in [-0.2, 0) is 0 Å². The number of nitrogens with two attached hydrogens (primary N) is 1. The quantitative estimate of drug-likeness (QED) is 0.778. The molecule has 0 spiro atoms. The van der Waals surface area contributed by atoms with Crippen LogP contribution < -0.4 is 10.7 Å². The molecule has 0 saturated heterocycles. The Balaban J connectivity index is 2.08. The minimum absolute atomic E-state index is 0.207. The molecular formula is C16H17ClN6. The van der Waals surface area contributed by atoms with Gasteiger partial charge in [0.1, 0.15) is 6.33 Å². The van der Waals surface area contributed by atoms with Gasteiger partial charge in [0, 0.05) is 35.6 Å². The molecule has 0 aliphatic heterocycles. The lowest BCUT2D eigenvalue weighted by molar-refractivity contribution is 0.664. The molecule has 0 aliphatic carbocycles. The molecule has 6 nitrogen and oxygen atoms in total. The third-order valence-electron chi connectivity index (χ3n) is 3.35. The number of aromatic nitrogens is 4. The first-order valence-electron chi connectivity index (χ1n) is 7.34. The fraction of sp³-hybridized carbons (Fsp3) is 0.188. The molecular weight excluding hydrogens is 312 g/mol. The van der Waals surface area contributed by atoms with Crippen molar-refractivity contribution in [3.63, 3.8) is 0 Å². The maximum atomic E-state index is 6.27. The summed E-state index contributed by atoms with van der Waals surface area (Å²) in [6.45, 7) is 2.87.